The van der Waals surface area contributed by atoms with Crippen LogP contribution in [0, 0.1) is 11.8 Å². The van der Waals surface area contributed by atoms with Gasteiger partial charge in [0.05, 0.1) is 0 Å². The van der Waals surface area contributed by atoms with Gasteiger partial charge in [-0.05, 0) is 58.9 Å². The van der Waals surface area contributed by atoms with Crippen LogP contribution >= 0.6 is 0 Å². The number of ether oxygens (including phenoxy) is 2. The molecule has 0 aromatic carbocycles. The van der Waals surface area contributed by atoms with Gasteiger partial charge in [0, 0.05) is 32.3 Å². The van der Waals surface area contributed by atoms with Gasteiger partial charge < -0.3 is 19.7 Å². The summed E-state index contributed by atoms with van der Waals surface area (Å²) >= 11 is 0. The van der Waals surface area contributed by atoms with Crippen LogP contribution in [0.25, 0.3) is 0 Å². The fourth-order valence-corrected chi connectivity index (χ4v) is 3.50. The molecule has 0 spiro atoms. The van der Waals surface area contributed by atoms with Crippen molar-refractivity contribution in [2.75, 3.05) is 33.4 Å². The first-order chi connectivity index (χ1) is 9.90. The Balaban J connectivity index is 1.89. The molecule has 2 aliphatic heterocycles. The van der Waals surface area contributed by atoms with Crippen LogP contribution in [0.5, 0.6) is 0 Å². The maximum Gasteiger partial charge on any atom is 0.410 e. The molecule has 5 nitrogen and oxygen atoms in total. The molecule has 0 aromatic rings. The zero-order chi connectivity index (χ0) is 15.5. The highest BCUT2D eigenvalue weighted by atomic mass is 16.6. The zero-order valence-corrected chi connectivity index (χ0v) is 13.9. The van der Waals surface area contributed by atoms with Crippen molar-refractivity contribution >= 4 is 6.09 Å². The standard InChI is InChI=1S/C16H30N2O3/c1-16(2,3)21-15(19)18-8-5-13(11-18)14(17-4)12-6-9-20-10-7-12/h12-14,17H,5-11H2,1-4H3. The third-order valence-corrected chi connectivity index (χ3v) is 4.49. The number of nitrogens with zero attached hydrogens (tertiary/aromatic N) is 1. The molecular weight excluding hydrogens is 268 g/mol. The second-order valence-electron chi connectivity index (χ2n) is 7.24. The second-order valence-corrected chi connectivity index (χ2v) is 7.24. The molecule has 0 bridgehead atoms. The van der Waals surface area contributed by atoms with Gasteiger partial charge in [-0.15, -0.1) is 0 Å². The van der Waals surface area contributed by atoms with E-state index in [1.165, 1.54) is 0 Å². The van der Waals surface area contributed by atoms with Crippen molar-refractivity contribution in [2.45, 2.75) is 51.7 Å². The minimum absolute atomic E-state index is 0.174. The van der Waals surface area contributed by atoms with Gasteiger partial charge in [-0.2, -0.15) is 0 Å². The highest BCUT2D eigenvalue weighted by Crippen LogP contribution is 2.30. The van der Waals surface area contributed by atoms with Crippen LogP contribution in [0.2, 0.25) is 0 Å². The molecule has 2 saturated heterocycles. The zero-order valence-electron chi connectivity index (χ0n) is 13.9. The quantitative estimate of drug-likeness (QED) is 0.868. The van der Waals surface area contributed by atoms with Crippen LogP contribution in [-0.2, 0) is 9.47 Å². The minimum Gasteiger partial charge on any atom is -0.444 e. The largest absolute Gasteiger partial charge is 0.444 e. The summed E-state index contributed by atoms with van der Waals surface area (Å²) in [6.07, 6.45) is 3.12. The molecule has 0 saturated carbocycles. The highest BCUT2D eigenvalue weighted by Gasteiger charge is 2.37. The van der Waals surface area contributed by atoms with E-state index in [-0.39, 0.29) is 6.09 Å². The normalized spacial score (nSPS) is 25.9. The molecule has 5 heteroatoms. The topological polar surface area (TPSA) is 50.8 Å². The molecule has 2 unspecified atom stereocenters. The molecule has 2 atom stereocenters. The van der Waals surface area contributed by atoms with Gasteiger partial charge in [0.15, 0.2) is 0 Å². The molecule has 21 heavy (non-hydrogen) atoms. The fraction of sp³-hybridized carbons (Fsp3) is 0.938. The first-order valence-corrected chi connectivity index (χ1v) is 8.13. The lowest BCUT2D eigenvalue weighted by atomic mass is 9.83. The fourth-order valence-electron chi connectivity index (χ4n) is 3.50. The second kappa shape index (κ2) is 6.97. The molecule has 1 amide bonds. The Bertz CT molecular complexity index is 348. The molecule has 2 aliphatic rings. The number of likely N-dealkylation sites (tertiary alicyclic amines) is 1. The number of rotatable bonds is 3. The summed E-state index contributed by atoms with van der Waals surface area (Å²) in [4.78, 5) is 14.0. The van der Waals surface area contributed by atoms with E-state index in [0.717, 1.165) is 45.6 Å². The number of hydrogen-bond acceptors (Lipinski definition) is 4. The number of hydrogen-bond donors (Lipinski definition) is 1. The Morgan fingerprint density at radius 1 is 1.24 bits per heavy atom. The average Bonchev–Trinajstić information content (AvgIpc) is 2.89. The third-order valence-electron chi connectivity index (χ3n) is 4.49. The van der Waals surface area contributed by atoms with E-state index in [2.05, 4.69) is 5.32 Å². The molecule has 2 heterocycles. The van der Waals surface area contributed by atoms with Crippen LogP contribution in [0.15, 0.2) is 0 Å². The van der Waals surface area contributed by atoms with E-state index in [1.807, 2.05) is 32.7 Å². The molecule has 122 valence electrons. The summed E-state index contributed by atoms with van der Waals surface area (Å²) in [7, 11) is 2.04. The highest BCUT2D eigenvalue weighted by molar-refractivity contribution is 5.68. The Hall–Kier alpha value is -0.810. The Labute approximate surface area is 128 Å². The number of carbonyl (C=O) groups is 1. The van der Waals surface area contributed by atoms with Crippen molar-refractivity contribution in [3.05, 3.63) is 0 Å². The van der Waals surface area contributed by atoms with Gasteiger partial charge in [0.1, 0.15) is 5.60 Å². The van der Waals surface area contributed by atoms with Gasteiger partial charge in [-0.1, -0.05) is 0 Å². The Morgan fingerprint density at radius 2 is 1.90 bits per heavy atom. The predicted octanol–water partition coefficient (Wildman–Crippen LogP) is 2.26. The van der Waals surface area contributed by atoms with E-state index in [9.17, 15) is 4.79 Å². The van der Waals surface area contributed by atoms with Gasteiger partial charge in [-0.25, -0.2) is 4.79 Å². The number of carbonyl (C=O) groups excluding carboxylic acids is 1. The smallest absolute Gasteiger partial charge is 0.410 e. The minimum atomic E-state index is -0.418. The number of nitrogens with one attached hydrogen (secondary N) is 1. The van der Waals surface area contributed by atoms with Crippen LogP contribution in [0.1, 0.15) is 40.0 Å². The lowest BCUT2D eigenvalue weighted by Gasteiger charge is -2.34. The molecular formula is C16H30N2O3. The van der Waals surface area contributed by atoms with Gasteiger partial charge in [-0.3, -0.25) is 0 Å². The molecule has 0 aromatic heterocycles. The lowest BCUT2D eigenvalue weighted by molar-refractivity contribution is 0.0265. The summed E-state index contributed by atoms with van der Waals surface area (Å²) < 4.78 is 10.9. The van der Waals surface area contributed by atoms with E-state index >= 15 is 0 Å². The number of amides is 1. The van der Waals surface area contributed by atoms with E-state index in [1.54, 1.807) is 0 Å². The van der Waals surface area contributed by atoms with Crippen molar-refractivity contribution in [1.82, 2.24) is 10.2 Å². The first-order valence-electron chi connectivity index (χ1n) is 8.13. The Kier molecular flexibility index (Phi) is 5.49. The van der Waals surface area contributed by atoms with Crippen LogP contribution in [0.3, 0.4) is 0 Å². The van der Waals surface area contributed by atoms with Crippen LogP contribution in [-0.4, -0.2) is 56.0 Å². The SMILES string of the molecule is CNC(C1CCOCC1)C1CCN(C(=O)OC(C)(C)C)C1. The van der Waals surface area contributed by atoms with Crippen molar-refractivity contribution in [2.24, 2.45) is 11.8 Å². The van der Waals surface area contributed by atoms with Gasteiger partial charge >= 0.3 is 6.09 Å². The molecule has 0 aliphatic carbocycles. The Morgan fingerprint density at radius 3 is 2.48 bits per heavy atom. The van der Waals surface area contributed by atoms with E-state index in [0.29, 0.717) is 17.9 Å². The van der Waals surface area contributed by atoms with Crippen molar-refractivity contribution in [3.8, 4) is 0 Å². The summed E-state index contributed by atoms with van der Waals surface area (Å²) in [5, 5.41) is 3.49. The van der Waals surface area contributed by atoms with Crippen molar-refractivity contribution in [1.29, 1.82) is 0 Å². The third kappa shape index (κ3) is 4.58. The van der Waals surface area contributed by atoms with Gasteiger partial charge in [0.25, 0.3) is 0 Å². The predicted molar refractivity (Wildman–Crippen MR) is 82.3 cm³/mol. The maximum absolute atomic E-state index is 12.2. The first kappa shape index (κ1) is 16.6. The lowest BCUT2D eigenvalue weighted by Crippen LogP contribution is -2.44. The molecule has 2 rings (SSSR count). The summed E-state index contributed by atoms with van der Waals surface area (Å²) in [5.41, 5.74) is -0.418. The van der Waals surface area contributed by atoms with Gasteiger partial charge in [0.2, 0.25) is 0 Å². The van der Waals surface area contributed by atoms with Crippen LogP contribution < -0.4 is 5.32 Å². The monoisotopic (exact) mass is 298 g/mol. The molecule has 0 radical (unpaired) electrons. The summed E-state index contributed by atoms with van der Waals surface area (Å²) in [5.74, 6) is 1.18. The van der Waals surface area contributed by atoms with Crippen LogP contribution in [0.4, 0.5) is 4.79 Å². The van der Waals surface area contributed by atoms with E-state index in [4.69, 9.17) is 9.47 Å². The molecule has 2 fully saturated rings. The molecule has 1 N–H and O–H groups in total. The maximum atomic E-state index is 12.2. The summed E-state index contributed by atoms with van der Waals surface area (Å²) in [6, 6.07) is 0.473. The van der Waals surface area contributed by atoms with E-state index < -0.39 is 5.60 Å². The average molecular weight is 298 g/mol. The summed E-state index contributed by atoms with van der Waals surface area (Å²) in [6.45, 7) is 9.08. The van der Waals surface area contributed by atoms with Crippen molar-refractivity contribution in [3.63, 3.8) is 0 Å². The van der Waals surface area contributed by atoms with Crippen molar-refractivity contribution < 1.29 is 14.3 Å².